The molecule has 40 heavy (non-hydrogen) atoms. The Hall–Kier alpha value is -2.51. The Morgan fingerprint density at radius 3 is 2.40 bits per heavy atom. The first kappa shape index (κ1) is 29.0. The van der Waals surface area contributed by atoms with Crippen molar-refractivity contribution in [2.24, 2.45) is 5.92 Å². The largest absolute Gasteiger partial charge is 0.381 e. The summed E-state index contributed by atoms with van der Waals surface area (Å²) in [6.07, 6.45) is 13.2. The third kappa shape index (κ3) is 6.68. The minimum absolute atomic E-state index is 0.0460. The van der Waals surface area contributed by atoms with Crippen LogP contribution in [-0.4, -0.2) is 39.9 Å². The number of benzene rings is 1. The maximum absolute atomic E-state index is 13.3. The Bertz CT molecular complexity index is 1310. The third-order valence-corrected chi connectivity index (χ3v) is 9.47. The summed E-state index contributed by atoms with van der Waals surface area (Å²) in [6.45, 7) is 14.7. The highest BCUT2D eigenvalue weighted by Gasteiger charge is 2.27. The molecule has 1 aliphatic heterocycles. The molecule has 0 bridgehead atoms. The molecule has 0 atom stereocenters. The molecule has 1 saturated carbocycles. The van der Waals surface area contributed by atoms with E-state index in [1.165, 1.54) is 43.2 Å². The number of amides is 1. The van der Waals surface area contributed by atoms with Gasteiger partial charge in [-0.05, 0) is 74.1 Å². The number of nitrogens with zero attached hydrogens (tertiary/aromatic N) is 3. The van der Waals surface area contributed by atoms with Gasteiger partial charge in [0.05, 0.1) is 22.3 Å². The first-order chi connectivity index (χ1) is 19.0. The van der Waals surface area contributed by atoms with E-state index in [0.29, 0.717) is 24.1 Å². The smallest absolute Gasteiger partial charge is 0.280 e. The number of carbonyl (C=O) groups is 1. The van der Waals surface area contributed by atoms with Gasteiger partial charge in [-0.25, -0.2) is 4.98 Å². The number of thiazole rings is 1. The second-order valence-corrected chi connectivity index (χ2v) is 14.7. The molecule has 1 N–H and O–H groups in total. The highest BCUT2D eigenvalue weighted by atomic mass is 32.1. The van der Waals surface area contributed by atoms with Gasteiger partial charge >= 0.3 is 0 Å². The average Bonchev–Trinajstić information content (AvgIpc) is 3.57. The summed E-state index contributed by atoms with van der Waals surface area (Å²) in [5.41, 5.74) is 5.74. The summed E-state index contributed by atoms with van der Waals surface area (Å²) < 4.78 is 7.52. The molecule has 2 aromatic heterocycles. The molecule has 6 nitrogen and oxygen atoms in total. The van der Waals surface area contributed by atoms with E-state index in [2.05, 4.69) is 76.4 Å². The standard InChI is InChI=1S/C33H46N4O2S/c1-32(2,3)27-19-23(12-13-26(27)24-20-34-37(21-24)33(4,5)6)29-28(18-22-10-8-7-9-11-22)36-31(40-29)30(38)35-25-14-16-39-17-15-25/h12-13,19-22,25H,7-11,14-18H2,1-6H3,(H,35,38). The van der Waals surface area contributed by atoms with Crippen LogP contribution in [0.2, 0.25) is 0 Å². The molecule has 3 aromatic rings. The van der Waals surface area contributed by atoms with E-state index in [1.54, 1.807) is 11.3 Å². The molecule has 7 heteroatoms. The van der Waals surface area contributed by atoms with Gasteiger partial charge in [-0.3, -0.25) is 9.48 Å². The van der Waals surface area contributed by atoms with E-state index in [4.69, 9.17) is 9.72 Å². The van der Waals surface area contributed by atoms with Crippen LogP contribution in [0.25, 0.3) is 21.6 Å². The second-order valence-electron chi connectivity index (χ2n) is 13.7. The van der Waals surface area contributed by atoms with E-state index < -0.39 is 0 Å². The first-order valence-corrected chi connectivity index (χ1v) is 15.9. The number of carbonyl (C=O) groups excluding carboxylic acids is 1. The number of aromatic nitrogens is 3. The minimum Gasteiger partial charge on any atom is -0.381 e. The van der Waals surface area contributed by atoms with Gasteiger partial charge in [0.1, 0.15) is 0 Å². The van der Waals surface area contributed by atoms with Crippen LogP contribution in [0.3, 0.4) is 0 Å². The third-order valence-electron chi connectivity index (χ3n) is 8.33. The van der Waals surface area contributed by atoms with Crippen molar-refractivity contribution >= 4 is 17.2 Å². The number of rotatable bonds is 6. The highest BCUT2D eigenvalue weighted by molar-refractivity contribution is 7.17. The maximum Gasteiger partial charge on any atom is 0.280 e. The Balaban J connectivity index is 1.52. The van der Waals surface area contributed by atoms with Gasteiger partial charge in [-0.15, -0.1) is 11.3 Å². The summed E-state index contributed by atoms with van der Waals surface area (Å²) >= 11 is 1.56. The normalized spacial score (nSPS) is 17.8. The van der Waals surface area contributed by atoms with Crippen molar-refractivity contribution in [1.29, 1.82) is 0 Å². The molecule has 2 aliphatic rings. The van der Waals surface area contributed by atoms with Gasteiger partial charge in [0.15, 0.2) is 5.01 Å². The van der Waals surface area contributed by atoms with Crippen LogP contribution in [0.5, 0.6) is 0 Å². The molecule has 0 unspecified atom stereocenters. The van der Waals surface area contributed by atoms with Crippen LogP contribution < -0.4 is 5.32 Å². The van der Waals surface area contributed by atoms with Crippen molar-refractivity contribution in [2.75, 3.05) is 13.2 Å². The number of nitrogens with one attached hydrogen (secondary N) is 1. The van der Waals surface area contributed by atoms with E-state index >= 15 is 0 Å². The summed E-state index contributed by atoms with van der Waals surface area (Å²) in [5, 5.41) is 8.49. The molecule has 0 radical (unpaired) electrons. The van der Waals surface area contributed by atoms with E-state index in [-0.39, 0.29) is 22.9 Å². The lowest BCUT2D eigenvalue weighted by Gasteiger charge is -2.24. The molecule has 3 heterocycles. The average molecular weight is 563 g/mol. The second kappa shape index (κ2) is 11.8. The summed E-state index contributed by atoms with van der Waals surface area (Å²) in [6, 6.07) is 6.96. The van der Waals surface area contributed by atoms with Gasteiger partial charge in [0.25, 0.3) is 5.91 Å². The minimum atomic E-state index is -0.0711. The fourth-order valence-corrected chi connectivity index (χ4v) is 6.95. The zero-order chi connectivity index (χ0) is 28.5. The van der Waals surface area contributed by atoms with Crippen molar-refractivity contribution in [3.8, 4) is 21.6 Å². The molecule has 2 fully saturated rings. The van der Waals surface area contributed by atoms with E-state index in [0.717, 1.165) is 41.0 Å². The molecular weight excluding hydrogens is 516 g/mol. The van der Waals surface area contributed by atoms with Gasteiger partial charge in [-0.1, -0.05) is 65.0 Å². The summed E-state index contributed by atoms with van der Waals surface area (Å²) in [4.78, 5) is 19.5. The van der Waals surface area contributed by atoms with Crippen LogP contribution in [0.15, 0.2) is 30.6 Å². The van der Waals surface area contributed by atoms with Gasteiger partial charge in [0, 0.05) is 31.0 Å². The first-order valence-electron chi connectivity index (χ1n) is 15.1. The Labute approximate surface area is 243 Å². The fraction of sp³-hybridized carbons (Fsp3) is 0.606. The summed E-state index contributed by atoms with van der Waals surface area (Å²) in [7, 11) is 0. The predicted molar refractivity (Wildman–Crippen MR) is 164 cm³/mol. The molecule has 1 amide bonds. The SMILES string of the molecule is CC(C)(C)c1cc(-c2sc(C(=O)NC3CCOCC3)nc2CC2CCCCC2)ccc1-c1cnn(C(C)(C)C)c1. The monoisotopic (exact) mass is 562 g/mol. The van der Waals surface area contributed by atoms with Crippen LogP contribution in [0.1, 0.15) is 108 Å². The Morgan fingerprint density at radius 1 is 1.02 bits per heavy atom. The number of hydrogen-bond donors (Lipinski definition) is 1. The van der Waals surface area contributed by atoms with Gasteiger partial charge < -0.3 is 10.1 Å². The quantitative estimate of drug-likeness (QED) is 0.333. The van der Waals surface area contributed by atoms with Crippen LogP contribution in [0, 0.1) is 5.92 Å². The van der Waals surface area contributed by atoms with Crippen molar-refractivity contribution in [3.05, 3.63) is 46.9 Å². The molecule has 1 aromatic carbocycles. The summed E-state index contributed by atoms with van der Waals surface area (Å²) in [5.74, 6) is 0.598. The number of ether oxygens (including phenoxy) is 1. The van der Waals surface area contributed by atoms with Crippen molar-refractivity contribution in [2.45, 2.75) is 110 Å². The Kier molecular flexibility index (Phi) is 8.53. The lowest BCUT2D eigenvalue weighted by Crippen LogP contribution is -2.38. The molecule has 1 saturated heterocycles. The molecule has 1 aliphatic carbocycles. The molecule has 216 valence electrons. The lowest BCUT2D eigenvalue weighted by atomic mass is 9.81. The van der Waals surface area contributed by atoms with Crippen LogP contribution >= 0.6 is 11.3 Å². The fourth-order valence-electron chi connectivity index (χ4n) is 5.95. The maximum atomic E-state index is 13.3. The van der Waals surface area contributed by atoms with Crippen LogP contribution in [0.4, 0.5) is 0 Å². The van der Waals surface area contributed by atoms with E-state index in [1.807, 2.05) is 10.9 Å². The zero-order valence-corrected chi connectivity index (χ0v) is 26.0. The zero-order valence-electron chi connectivity index (χ0n) is 25.2. The highest BCUT2D eigenvalue weighted by Crippen LogP contribution is 2.40. The van der Waals surface area contributed by atoms with Crippen molar-refractivity contribution in [1.82, 2.24) is 20.1 Å². The molecular formula is C33H46N4O2S. The Morgan fingerprint density at radius 2 is 1.75 bits per heavy atom. The number of hydrogen-bond acceptors (Lipinski definition) is 5. The predicted octanol–water partition coefficient (Wildman–Crippen LogP) is 7.76. The van der Waals surface area contributed by atoms with Crippen molar-refractivity contribution in [3.63, 3.8) is 0 Å². The molecule has 0 spiro atoms. The lowest BCUT2D eigenvalue weighted by molar-refractivity contribution is 0.0696. The van der Waals surface area contributed by atoms with Gasteiger partial charge in [-0.2, -0.15) is 5.10 Å². The van der Waals surface area contributed by atoms with Gasteiger partial charge in [0.2, 0.25) is 0 Å². The molecule has 5 rings (SSSR count). The van der Waals surface area contributed by atoms with E-state index in [9.17, 15) is 4.79 Å². The van der Waals surface area contributed by atoms with Crippen molar-refractivity contribution < 1.29 is 9.53 Å². The topological polar surface area (TPSA) is 69.0 Å². The van der Waals surface area contributed by atoms with Crippen LogP contribution in [-0.2, 0) is 22.1 Å².